The Labute approximate surface area is 72.7 Å². The van der Waals surface area contributed by atoms with Crippen LogP contribution in [-0.4, -0.2) is 16.2 Å². The highest BCUT2D eigenvalue weighted by Gasteiger charge is 2.00. The average Bonchev–Trinajstić information content (AvgIpc) is 2.03. The minimum Gasteiger partial charge on any atom is -0.502 e. The molecule has 12 heavy (non-hydrogen) atoms. The zero-order valence-electron chi connectivity index (χ0n) is 7.42. The first kappa shape index (κ1) is 11.0. The van der Waals surface area contributed by atoms with E-state index < -0.39 is 11.7 Å². The van der Waals surface area contributed by atoms with Crippen LogP contribution in [0.15, 0.2) is 11.8 Å². The van der Waals surface area contributed by atoms with Crippen LogP contribution in [0.2, 0.25) is 0 Å². The lowest BCUT2D eigenvalue weighted by atomic mass is 10.1. The first-order valence-electron chi connectivity index (χ1n) is 4.31. The van der Waals surface area contributed by atoms with Gasteiger partial charge in [-0.3, -0.25) is 0 Å². The summed E-state index contributed by atoms with van der Waals surface area (Å²) < 4.78 is 0. The third-order valence-electron chi connectivity index (χ3n) is 1.61. The molecular formula is C9H16O3. The fourth-order valence-corrected chi connectivity index (χ4v) is 0.897. The van der Waals surface area contributed by atoms with Crippen LogP contribution in [0.4, 0.5) is 0 Å². The van der Waals surface area contributed by atoms with Crippen LogP contribution in [0.5, 0.6) is 0 Å². The summed E-state index contributed by atoms with van der Waals surface area (Å²) in [5.41, 5.74) is 0. The van der Waals surface area contributed by atoms with Crippen molar-refractivity contribution in [3.63, 3.8) is 0 Å². The van der Waals surface area contributed by atoms with Gasteiger partial charge in [-0.05, 0) is 18.9 Å². The van der Waals surface area contributed by atoms with Crippen LogP contribution >= 0.6 is 0 Å². The van der Waals surface area contributed by atoms with Gasteiger partial charge >= 0.3 is 5.97 Å². The van der Waals surface area contributed by atoms with Gasteiger partial charge in [-0.15, -0.1) is 0 Å². The predicted molar refractivity (Wildman–Crippen MR) is 47.1 cm³/mol. The molecule has 3 nitrogen and oxygen atoms in total. The maximum atomic E-state index is 10.1. The van der Waals surface area contributed by atoms with Crippen molar-refractivity contribution in [2.24, 2.45) is 0 Å². The van der Waals surface area contributed by atoms with E-state index in [1.54, 1.807) is 0 Å². The van der Waals surface area contributed by atoms with Crippen molar-refractivity contribution in [2.45, 2.75) is 39.0 Å². The van der Waals surface area contributed by atoms with Crippen molar-refractivity contribution in [3.8, 4) is 0 Å². The largest absolute Gasteiger partial charge is 0.502 e. The zero-order chi connectivity index (χ0) is 9.40. The summed E-state index contributed by atoms with van der Waals surface area (Å²) in [5, 5.41) is 17.0. The molecular weight excluding hydrogens is 156 g/mol. The highest BCUT2D eigenvalue weighted by atomic mass is 16.4. The first-order valence-corrected chi connectivity index (χ1v) is 4.31. The Morgan fingerprint density at radius 2 is 1.92 bits per heavy atom. The average molecular weight is 172 g/mol. The van der Waals surface area contributed by atoms with Crippen molar-refractivity contribution in [1.29, 1.82) is 0 Å². The third kappa shape index (κ3) is 5.77. The van der Waals surface area contributed by atoms with Crippen molar-refractivity contribution >= 4 is 5.97 Å². The van der Waals surface area contributed by atoms with Crippen molar-refractivity contribution < 1.29 is 15.0 Å². The van der Waals surface area contributed by atoms with E-state index in [1.165, 1.54) is 12.5 Å². The van der Waals surface area contributed by atoms with Crippen LogP contribution in [-0.2, 0) is 4.79 Å². The summed E-state index contributed by atoms with van der Waals surface area (Å²) in [6.45, 7) is 2.12. The number of carbonyl (C=O) groups is 1. The number of hydrogen-bond acceptors (Lipinski definition) is 2. The van der Waals surface area contributed by atoms with Gasteiger partial charge in [0.25, 0.3) is 0 Å². The van der Waals surface area contributed by atoms with E-state index >= 15 is 0 Å². The van der Waals surface area contributed by atoms with E-state index in [0.29, 0.717) is 6.42 Å². The summed E-state index contributed by atoms with van der Waals surface area (Å²) in [6, 6.07) is 0. The number of aliphatic hydroxyl groups is 1. The van der Waals surface area contributed by atoms with E-state index in [1.807, 2.05) is 0 Å². The molecule has 0 saturated heterocycles. The number of unbranched alkanes of at least 4 members (excludes halogenated alkanes) is 4. The lowest BCUT2D eigenvalue weighted by Crippen LogP contribution is -1.98. The minimum absolute atomic E-state index is 0.536. The van der Waals surface area contributed by atoms with Gasteiger partial charge in [0.1, 0.15) is 0 Å². The molecule has 0 atom stereocenters. The molecule has 0 unspecified atom stereocenters. The number of carboxylic acid groups (broad SMARTS) is 1. The SMILES string of the molecule is CCCCCC/C=C(\O)C(=O)O. The minimum atomic E-state index is -1.24. The fraction of sp³-hybridized carbons (Fsp3) is 0.667. The second kappa shape index (κ2) is 6.70. The van der Waals surface area contributed by atoms with Gasteiger partial charge in [-0.25, -0.2) is 4.79 Å². The first-order chi connectivity index (χ1) is 5.68. The quantitative estimate of drug-likeness (QED) is 0.367. The number of aliphatic hydroxyl groups excluding tert-OH is 1. The smallest absolute Gasteiger partial charge is 0.370 e. The standard InChI is InChI=1S/C9H16O3/c1-2-3-4-5-6-7-8(10)9(11)12/h7,10H,2-6H2,1H3,(H,11,12)/b8-7-. The van der Waals surface area contributed by atoms with E-state index in [4.69, 9.17) is 10.2 Å². The zero-order valence-corrected chi connectivity index (χ0v) is 7.42. The maximum Gasteiger partial charge on any atom is 0.370 e. The number of aliphatic carboxylic acids is 1. The van der Waals surface area contributed by atoms with Crippen molar-refractivity contribution in [2.75, 3.05) is 0 Å². The number of carboxylic acids is 1. The summed E-state index contributed by atoms with van der Waals surface area (Å²) in [7, 11) is 0. The van der Waals surface area contributed by atoms with Gasteiger partial charge in [-0.2, -0.15) is 0 Å². The van der Waals surface area contributed by atoms with E-state index in [-0.39, 0.29) is 0 Å². The molecule has 0 saturated carbocycles. The second-order valence-corrected chi connectivity index (χ2v) is 2.74. The second-order valence-electron chi connectivity index (χ2n) is 2.74. The Morgan fingerprint density at radius 1 is 1.25 bits per heavy atom. The molecule has 0 radical (unpaired) electrons. The molecule has 0 rings (SSSR count). The highest BCUT2D eigenvalue weighted by Crippen LogP contribution is 2.04. The Bertz CT molecular complexity index is 161. The predicted octanol–water partition coefficient (Wildman–Crippen LogP) is 2.48. The van der Waals surface area contributed by atoms with Crippen LogP contribution in [0.3, 0.4) is 0 Å². The molecule has 0 aromatic heterocycles. The number of hydrogen-bond donors (Lipinski definition) is 2. The Hall–Kier alpha value is -0.990. The Balaban J connectivity index is 3.40. The molecule has 0 aromatic carbocycles. The molecule has 70 valence electrons. The normalized spacial score (nSPS) is 11.6. The van der Waals surface area contributed by atoms with Gasteiger partial charge in [0, 0.05) is 0 Å². The molecule has 3 heteroatoms. The van der Waals surface area contributed by atoms with Crippen LogP contribution < -0.4 is 0 Å². The maximum absolute atomic E-state index is 10.1. The third-order valence-corrected chi connectivity index (χ3v) is 1.61. The molecule has 2 N–H and O–H groups in total. The summed E-state index contributed by atoms with van der Waals surface area (Å²) >= 11 is 0. The van der Waals surface area contributed by atoms with E-state index in [0.717, 1.165) is 19.3 Å². The van der Waals surface area contributed by atoms with Crippen LogP contribution in [0.25, 0.3) is 0 Å². The molecule has 0 spiro atoms. The molecule has 0 fully saturated rings. The topological polar surface area (TPSA) is 57.5 Å². The molecule has 0 aromatic rings. The van der Waals surface area contributed by atoms with Gasteiger partial charge < -0.3 is 10.2 Å². The monoisotopic (exact) mass is 172 g/mol. The molecule has 0 amide bonds. The lowest BCUT2D eigenvalue weighted by molar-refractivity contribution is -0.135. The fourth-order valence-electron chi connectivity index (χ4n) is 0.897. The summed E-state index contributed by atoms with van der Waals surface area (Å²) in [4.78, 5) is 10.1. The molecule has 0 aliphatic rings. The molecule has 0 aliphatic carbocycles. The number of rotatable bonds is 6. The Kier molecular flexibility index (Phi) is 6.15. The summed E-state index contributed by atoms with van der Waals surface area (Å²) in [5.74, 6) is -1.78. The lowest BCUT2D eigenvalue weighted by Gasteiger charge is -1.94. The van der Waals surface area contributed by atoms with E-state index in [2.05, 4.69) is 6.92 Å². The summed E-state index contributed by atoms with van der Waals surface area (Å²) in [6.07, 6.45) is 6.39. The molecule has 0 aliphatic heterocycles. The van der Waals surface area contributed by atoms with Crippen molar-refractivity contribution in [1.82, 2.24) is 0 Å². The van der Waals surface area contributed by atoms with Gasteiger partial charge in [0.05, 0.1) is 0 Å². The molecule has 0 heterocycles. The van der Waals surface area contributed by atoms with Gasteiger partial charge in [0.2, 0.25) is 0 Å². The van der Waals surface area contributed by atoms with E-state index in [9.17, 15) is 4.79 Å². The number of allylic oxidation sites excluding steroid dienone is 1. The van der Waals surface area contributed by atoms with Crippen LogP contribution in [0.1, 0.15) is 39.0 Å². The van der Waals surface area contributed by atoms with Gasteiger partial charge in [-0.1, -0.05) is 26.2 Å². The molecule has 0 bridgehead atoms. The van der Waals surface area contributed by atoms with Gasteiger partial charge in [0.15, 0.2) is 5.76 Å². The van der Waals surface area contributed by atoms with Crippen molar-refractivity contribution in [3.05, 3.63) is 11.8 Å². The van der Waals surface area contributed by atoms with Crippen LogP contribution in [0, 0.1) is 0 Å². The Morgan fingerprint density at radius 3 is 2.42 bits per heavy atom. The highest BCUT2D eigenvalue weighted by molar-refractivity contribution is 5.83.